The van der Waals surface area contributed by atoms with Crippen molar-refractivity contribution in [2.45, 2.75) is 5.16 Å². The van der Waals surface area contributed by atoms with Crippen molar-refractivity contribution in [2.75, 3.05) is 5.75 Å². The molecule has 1 amide bonds. The number of hydrazone groups is 1. The van der Waals surface area contributed by atoms with Crippen molar-refractivity contribution < 1.29 is 4.79 Å². The molecule has 32 heavy (non-hydrogen) atoms. The van der Waals surface area contributed by atoms with Crippen LogP contribution in [0.4, 0.5) is 0 Å². The second-order valence-electron chi connectivity index (χ2n) is 6.59. The van der Waals surface area contributed by atoms with Gasteiger partial charge in [-0.25, -0.2) is 5.43 Å². The Kier molecular flexibility index (Phi) is 7.21. The average molecular weight is 482 g/mol. The number of halogens is 2. The molecule has 0 spiro atoms. The minimum atomic E-state index is -0.278. The lowest BCUT2D eigenvalue weighted by atomic mass is 10.2. The van der Waals surface area contributed by atoms with Gasteiger partial charge in [0.25, 0.3) is 5.91 Å². The molecule has 0 aliphatic rings. The van der Waals surface area contributed by atoms with Crippen LogP contribution in [-0.4, -0.2) is 32.6 Å². The molecule has 0 saturated carbocycles. The largest absolute Gasteiger partial charge is 0.272 e. The van der Waals surface area contributed by atoms with E-state index in [0.29, 0.717) is 26.6 Å². The van der Waals surface area contributed by atoms with E-state index in [-0.39, 0.29) is 11.7 Å². The van der Waals surface area contributed by atoms with E-state index in [1.165, 1.54) is 18.0 Å². The maximum Gasteiger partial charge on any atom is 0.250 e. The van der Waals surface area contributed by atoms with Crippen LogP contribution in [0.2, 0.25) is 10.0 Å². The lowest BCUT2D eigenvalue weighted by molar-refractivity contribution is -0.118. The lowest BCUT2D eigenvalue weighted by Gasteiger charge is -2.10. The Hall–Kier alpha value is -3.13. The molecule has 160 valence electrons. The monoisotopic (exact) mass is 481 g/mol. The van der Waals surface area contributed by atoms with Gasteiger partial charge in [-0.1, -0.05) is 89.6 Å². The summed E-state index contributed by atoms with van der Waals surface area (Å²) in [5.74, 6) is 0.543. The number of nitrogens with zero attached hydrogens (tertiary/aromatic N) is 4. The number of hydrogen-bond donors (Lipinski definition) is 1. The number of carbonyl (C=O) groups is 1. The van der Waals surface area contributed by atoms with Crippen molar-refractivity contribution in [2.24, 2.45) is 5.10 Å². The lowest BCUT2D eigenvalue weighted by Crippen LogP contribution is -2.20. The molecule has 1 aromatic heterocycles. The molecule has 0 atom stereocenters. The maximum atomic E-state index is 12.3. The van der Waals surface area contributed by atoms with Crippen molar-refractivity contribution in [3.8, 4) is 17.1 Å². The van der Waals surface area contributed by atoms with E-state index in [0.717, 1.165) is 11.3 Å². The van der Waals surface area contributed by atoms with Crippen molar-refractivity contribution in [3.63, 3.8) is 0 Å². The molecule has 1 heterocycles. The molecule has 0 saturated heterocycles. The quantitative estimate of drug-likeness (QED) is 0.215. The van der Waals surface area contributed by atoms with Crippen LogP contribution in [0.15, 0.2) is 89.1 Å². The third kappa shape index (κ3) is 5.37. The first-order valence-electron chi connectivity index (χ1n) is 9.58. The van der Waals surface area contributed by atoms with Crippen LogP contribution >= 0.6 is 35.0 Å². The van der Waals surface area contributed by atoms with Crippen molar-refractivity contribution in [3.05, 3.63) is 94.5 Å². The maximum absolute atomic E-state index is 12.3. The van der Waals surface area contributed by atoms with E-state index in [1.54, 1.807) is 18.2 Å². The highest BCUT2D eigenvalue weighted by atomic mass is 35.5. The fraction of sp³-hybridized carbons (Fsp3) is 0.0435. The van der Waals surface area contributed by atoms with Crippen molar-refractivity contribution in [1.82, 2.24) is 20.2 Å². The van der Waals surface area contributed by atoms with E-state index >= 15 is 0 Å². The van der Waals surface area contributed by atoms with E-state index in [9.17, 15) is 4.79 Å². The summed E-state index contributed by atoms with van der Waals surface area (Å²) in [6.45, 7) is 0. The van der Waals surface area contributed by atoms with Gasteiger partial charge in [-0.15, -0.1) is 10.2 Å². The zero-order valence-corrected chi connectivity index (χ0v) is 19.0. The molecule has 9 heteroatoms. The smallest absolute Gasteiger partial charge is 0.250 e. The Labute approximate surface area is 199 Å². The number of nitrogens with one attached hydrogen (secondary N) is 1. The SMILES string of the molecule is O=C(CSc1nnc(-c2ccccc2)n1-c1ccccc1)NN=Cc1ccc(Cl)cc1Cl. The molecular weight excluding hydrogens is 465 g/mol. The van der Waals surface area contributed by atoms with Gasteiger partial charge in [-0.2, -0.15) is 5.10 Å². The zero-order valence-electron chi connectivity index (χ0n) is 16.7. The number of carbonyl (C=O) groups excluding carboxylic acids is 1. The van der Waals surface area contributed by atoms with Crippen LogP contribution in [0.1, 0.15) is 5.56 Å². The zero-order chi connectivity index (χ0) is 22.3. The highest BCUT2D eigenvalue weighted by Gasteiger charge is 2.17. The Morgan fingerprint density at radius 3 is 2.44 bits per heavy atom. The van der Waals surface area contributed by atoms with E-state index in [2.05, 4.69) is 20.7 Å². The Balaban J connectivity index is 1.48. The Morgan fingerprint density at radius 1 is 1.00 bits per heavy atom. The minimum Gasteiger partial charge on any atom is -0.272 e. The summed E-state index contributed by atoms with van der Waals surface area (Å²) >= 11 is 13.3. The molecule has 3 aromatic carbocycles. The second kappa shape index (κ2) is 10.5. The summed E-state index contributed by atoms with van der Waals surface area (Å²) in [5.41, 5.74) is 5.00. The van der Waals surface area contributed by atoms with Gasteiger partial charge in [0.15, 0.2) is 11.0 Å². The number of hydrogen-bond acceptors (Lipinski definition) is 5. The van der Waals surface area contributed by atoms with Gasteiger partial charge >= 0.3 is 0 Å². The van der Waals surface area contributed by atoms with E-state index in [1.807, 2.05) is 65.2 Å². The summed E-state index contributed by atoms with van der Waals surface area (Å²) in [5, 5.41) is 14.2. The van der Waals surface area contributed by atoms with Gasteiger partial charge in [-0.3, -0.25) is 9.36 Å². The van der Waals surface area contributed by atoms with Gasteiger partial charge < -0.3 is 0 Å². The summed E-state index contributed by atoms with van der Waals surface area (Å²) in [4.78, 5) is 12.3. The summed E-state index contributed by atoms with van der Waals surface area (Å²) < 4.78 is 1.93. The highest BCUT2D eigenvalue weighted by molar-refractivity contribution is 7.99. The molecule has 4 aromatic rings. The van der Waals surface area contributed by atoms with Crippen molar-refractivity contribution >= 4 is 47.1 Å². The van der Waals surface area contributed by atoms with Crippen LogP contribution in [0.25, 0.3) is 17.1 Å². The minimum absolute atomic E-state index is 0.117. The molecule has 0 aliphatic heterocycles. The molecule has 0 aliphatic carbocycles. The predicted octanol–water partition coefficient (Wildman–Crippen LogP) is 5.48. The highest BCUT2D eigenvalue weighted by Crippen LogP contribution is 2.27. The molecular formula is C23H17Cl2N5OS. The standard InChI is InChI=1S/C23H17Cl2N5OS/c24-18-12-11-17(20(25)13-18)14-26-27-21(31)15-32-23-29-28-22(16-7-3-1-4-8-16)30(23)19-9-5-2-6-10-19/h1-14H,15H2,(H,27,31). The second-order valence-corrected chi connectivity index (χ2v) is 8.38. The third-order valence-electron chi connectivity index (χ3n) is 4.37. The normalized spacial score (nSPS) is 11.1. The summed E-state index contributed by atoms with van der Waals surface area (Å²) in [6, 6.07) is 24.6. The number of para-hydroxylation sites is 1. The summed E-state index contributed by atoms with van der Waals surface area (Å²) in [7, 11) is 0. The number of benzene rings is 3. The fourth-order valence-electron chi connectivity index (χ4n) is 2.89. The molecule has 4 rings (SSSR count). The van der Waals surface area contributed by atoms with Crippen LogP contribution < -0.4 is 5.43 Å². The molecule has 0 radical (unpaired) electrons. The third-order valence-corrected chi connectivity index (χ3v) is 5.86. The van der Waals surface area contributed by atoms with Gasteiger partial charge in [0.2, 0.25) is 0 Å². The Bertz CT molecular complexity index is 1250. The Morgan fingerprint density at radius 2 is 1.72 bits per heavy atom. The fourth-order valence-corrected chi connectivity index (χ4v) is 4.09. The molecule has 0 bridgehead atoms. The molecule has 1 N–H and O–H groups in total. The van der Waals surface area contributed by atoms with Crippen LogP contribution in [0.5, 0.6) is 0 Å². The predicted molar refractivity (Wildman–Crippen MR) is 130 cm³/mol. The number of amides is 1. The van der Waals surface area contributed by atoms with Gasteiger partial charge in [-0.05, 0) is 24.3 Å². The van der Waals surface area contributed by atoms with Crippen LogP contribution in [0.3, 0.4) is 0 Å². The van der Waals surface area contributed by atoms with Crippen LogP contribution in [0, 0.1) is 0 Å². The first-order valence-corrected chi connectivity index (χ1v) is 11.3. The van der Waals surface area contributed by atoms with Gasteiger partial charge in [0, 0.05) is 21.8 Å². The number of rotatable bonds is 7. The first kappa shape index (κ1) is 22.1. The van der Waals surface area contributed by atoms with Crippen molar-refractivity contribution in [1.29, 1.82) is 0 Å². The number of thioether (sulfide) groups is 1. The first-order chi connectivity index (χ1) is 15.6. The van der Waals surface area contributed by atoms with Gasteiger partial charge in [0.05, 0.1) is 17.0 Å². The topological polar surface area (TPSA) is 72.2 Å². The molecule has 6 nitrogen and oxygen atoms in total. The average Bonchev–Trinajstić information content (AvgIpc) is 3.24. The van der Waals surface area contributed by atoms with Gasteiger partial charge in [0.1, 0.15) is 0 Å². The molecule has 0 fully saturated rings. The van der Waals surface area contributed by atoms with Crippen LogP contribution in [-0.2, 0) is 4.79 Å². The number of aromatic nitrogens is 3. The van der Waals surface area contributed by atoms with E-state index < -0.39 is 0 Å². The molecule has 0 unspecified atom stereocenters. The summed E-state index contributed by atoms with van der Waals surface area (Å²) in [6.07, 6.45) is 1.47. The van der Waals surface area contributed by atoms with E-state index in [4.69, 9.17) is 23.2 Å².